The van der Waals surface area contributed by atoms with Gasteiger partial charge in [0.2, 0.25) is 10.0 Å². The molecule has 0 spiro atoms. The molecule has 0 saturated heterocycles. The van der Waals surface area contributed by atoms with E-state index in [2.05, 4.69) is 20.7 Å². The van der Waals surface area contributed by atoms with Crippen LogP contribution in [0, 0.1) is 6.92 Å². The molecule has 1 aromatic rings. The molecule has 0 bridgehead atoms. The molecule has 20 heavy (non-hydrogen) atoms. The Kier molecular flexibility index (Phi) is 6.16. The molecule has 0 aromatic heterocycles. The van der Waals surface area contributed by atoms with Crippen LogP contribution in [0.25, 0.3) is 0 Å². The van der Waals surface area contributed by atoms with Crippen molar-refractivity contribution in [2.45, 2.75) is 44.0 Å². The maximum atomic E-state index is 12.2. The van der Waals surface area contributed by atoms with Gasteiger partial charge >= 0.3 is 5.97 Å². The van der Waals surface area contributed by atoms with Crippen LogP contribution in [0.4, 0.5) is 0 Å². The Morgan fingerprint density at radius 1 is 1.45 bits per heavy atom. The molecule has 0 fully saturated rings. The van der Waals surface area contributed by atoms with Crippen LogP contribution < -0.4 is 4.72 Å². The summed E-state index contributed by atoms with van der Waals surface area (Å²) < 4.78 is 27.7. The quantitative estimate of drug-likeness (QED) is 0.779. The third kappa shape index (κ3) is 5.22. The lowest BCUT2D eigenvalue weighted by atomic mass is 10.1. The van der Waals surface area contributed by atoms with Crippen LogP contribution in [-0.4, -0.2) is 25.5 Å². The highest BCUT2D eigenvalue weighted by atomic mass is 79.9. The van der Waals surface area contributed by atoms with Crippen molar-refractivity contribution in [3.63, 3.8) is 0 Å². The number of rotatable bonds is 7. The van der Waals surface area contributed by atoms with E-state index in [0.717, 1.165) is 10.0 Å². The van der Waals surface area contributed by atoms with Gasteiger partial charge in [-0.3, -0.25) is 4.79 Å². The van der Waals surface area contributed by atoms with Crippen LogP contribution >= 0.6 is 15.9 Å². The average Bonchev–Trinajstić information content (AvgIpc) is 2.31. The van der Waals surface area contributed by atoms with E-state index in [-0.39, 0.29) is 17.4 Å². The fourth-order valence-corrected chi connectivity index (χ4v) is 3.35. The molecule has 1 unspecified atom stereocenters. The van der Waals surface area contributed by atoms with Gasteiger partial charge in [0.25, 0.3) is 0 Å². The second-order valence-corrected chi connectivity index (χ2v) is 7.29. The molecule has 5 nitrogen and oxygen atoms in total. The Hall–Kier alpha value is -0.920. The summed E-state index contributed by atoms with van der Waals surface area (Å²) >= 11 is 3.32. The van der Waals surface area contributed by atoms with E-state index >= 15 is 0 Å². The Morgan fingerprint density at radius 3 is 2.65 bits per heavy atom. The van der Waals surface area contributed by atoms with Gasteiger partial charge in [0.1, 0.15) is 0 Å². The second kappa shape index (κ2) is 7.19. The molecule has 0 radical (unpaired) electrons. The largest absolute Gasteiger partial charge is 0.481 e. The number of hydrogen-bond acceptors (Lipinski definition) is 3. The zero-order chi connectivity index (χ0) is 15.3. The fourth-order valence-electron chi connectivity index (χ4n) is 1.74. The topological polar surface area (TPSA) is 83.5 Å². The number of carboxylic acids is 1. The summed E-state index contributed by atoms with van der Waals surface area (Å²) in [4.78, 5) is 10.6. The number of aliphatic carboxylic acids is 1. The molecule has 1 rings (SSSR count). The first-order chi connectivity index (χ1) is 9.22. The minimum absolute atomic E-state index is 0.0451. The van der Waals surface area contributed by atoms with Crippen molar-refractivity contribution in [2.24, 2.45) is 0 Å². The summed E-state index contributed by atoms with van der Waals surface area (Å²) in [6.45, 7) is 3.55. The van der Waals surface area contributed by atoms with Crippen molar-refractivity contribution in [2.75, 3.05) is 0 Å². The fraction of sp³-hybridized carbons (Fsp3) is 0.462. The molecule has 112 valence electrons. The van der Waals surface area contributed by atoms with E-state index in [0.29, 0.717) is 12.8 Å². The molecule has 0 aliphatic heterocycles. The van der Waals surface area contributed by atoms with Crippen LogP contribution in [0.15, 0.2) is 27.6 Å². The first-order valence-corrected chi connectivity index (χ1v) is 8.50. The third-order valence-corrected chi connectivity index (χ3v) is 5.30. The van der Waals surface area contributed by atoms with Crippen LogP contribution in [0.1, 0.15) is 31.7 Å². The molecular formula is C13H18BrNO4S. The molecule has 0 heterocycles. The van der Waals surface area contributed by atoms with Crippen molar-refractivity contribution in [3.05, 3.63) is 28.2 Å². The van der Waals surface area contributed by atoms with Crippen molar-refractivity contribution >= 4 is 31.9 Å². The number of sulfonamides is 1. The molecule has 0 aliphatic rings. The van der Waals surface area contributed by atoms with Crippen LogP contribution in [0.5, 0.6) is 0 Å². The van der Waals surface area contributed by atoms with Gasteiger partial charge in [-0.15, -0.1) is 0 Å². The molecule has 2 N–H and O–H groups in total. The maximum absolute atomic E-state index is 12.2. The number of aryl methyl sites for hydroxylation is 1. The summed E-state index contributed by atoms with van der Waals surface area (Å²) in [6.07, 6.45) is 0.975. The molecule has 1 atom stereocenters. The van der Waals surface area contributed by atoms with Crippen LogP contribution in [0.2, 0.25) is 0 Å². The molecule has 0 saturated carbocycles. The first kappa shape index (κ1) is 17.1. The highest BCUT2D eigenvalue weighted by molar-refractivity contribution is 9.10. The number of carboxylic acid groups (broad SMARTS) is 1. The lowest BCUT2D eigenvalue weighted by Gasteiger charge is -2.14. The minimum Gasteiger partial charge on any atom is -0.481 e. The van der Waals surface area contributed by atoms with E-state index in [1.54, 1.807) is 19.1 Å². The lowest BCUT2D eigenvalue weighted by molar-refractivity contribution is -0.137. The van der Waals surface area contributed by atoms with Crippen molar-refractivity contribution in [1.29, 1.82) is 0 Å². The van der Waals surface area contributed by atoms with Gasteiger partial charge in [-0.1, -0.05) is 15.9 Å². The maximum Gasteiger partial charge on any atom is 0.303 e. The molecule has 1 aromatic carbocycles. The van der Waals surface area contributed by atoms with Crippen molar-refractivity contribution in [1.82, 2.24) is 4.72 Å². The molecule has 0 amide bonds. The average molecular weight is 364 g/mol. The number of hydrogen-bond donors (Lipinski definition) is 2. The first-order valence-electron chi connectivity index (χ1n) is 6.22. The number of benzene rings is 1. The van der Waals surface area contributed by atoms with E-state index in [1.165, 1.54) is 6.07 Å². The normalized spacial score (nSPS) is 13.2. The minimum atomic E-state index is -3.57. The van der Waals surface area contributed by atoms with E-state index < -0.39 is 16.0 Å². The summed E-state index contributed by atoms with van der Waals surface area (Å²) in [5.74, 6) is -0.872. The predicted molar refractivity (Wildman–Crippen MR) is 80.1 cm³/mol. The van der Waals surface area contributed by atoms with Gasteiger partial charge < -0.3 is 5.11 Å². The van der Waals surface area contributed by atoms with Crippen LogP contribution in [0.3, 0.4) is 0 Å². The smallest absolute Gasteiger partial charge is 0.303 e. The summed E-state index contributed by atoms with van der Waals surface area (Å²) in [6, 6.07) is 4.52. The SMILES string of the molecule is Cc1cc(S(=O)(=O)NC(C)CCCC(=O)O)ccc1Br. The van der Waals surface area contributed by atoms with Gasteiger partial charge in [-0.25, -0.2) is 13.1 Å². The monoisotopic (exact) mass is 363 g/mol. The standard InChI is InChI=1S/C13H18BrNO4S/c1-9-8-11(6-7-12(9)14)20(18,19)15-10(2)4-3-5-13(16)17/h6-8,10,15H,3-5H2,1-2H3,(H,16,17). The number of carbonyl (C=O) groups is 1. The van der Waals surface area contributed by atoms with Crippen LogP contribution in [-0.2, 0) is 14.8 Å². The number of halogens is 1. The lowest BCUT2D eigenvalue weighted by Crippen LogP contribution is -2.32. The molecular weight excluding hydrogens is 346 g/mol. The highest BCUT2D eigenvalue weighted by Crippen LogP contribution is 2.20. The highest BCUT2D eigenvalue weighted by Gasteiger charge is 2.18. The zero-order valence-electron chi connectivity index (χ0n) is 11.4. The summed E-state index contributed by atoms with van der Waals surface area (Å²) in [5.41, 5.74) is 0.839. The van der Waals surface area contributed by atoms with E-state index in [4.69, 9.17) is 5.11 Å². The Balaban J connectivity index is 2.69. The molecule has 0 aliphatic carbocycles. The van der Waals surface area contributed by atoms with Gasteiger partial charge in [0.05, 0.1) is 4.90 Å². The van der Waals surface area contributed by atoms with E-state index in [9.17, 15) is 13.2 Å². The van der Waals surface area contributed by atoms with Crippen molar-refractivity contribution < 1.29 is 18.3 Å². The van der Waals surface area contributed by atoms with Gasteiger partial charge in [-0.2, -0.15) is 0 Å². The summed E-state index contributed by atoms with van der Waals surface area (Å²) in [7, 11) is -3.57. The third-order valence-electron chi connectivity index (χ3n) is 2.82. The molecule has 7 heteroatoms. The van der Waals surface area contributed by atoms with Gasteiger partial charge in [-0.05, 0) is 50.5 Å². The predicted octanol–water partition coefficient (Wildman–Crippen LogP) is 2.68. The van der Waals surface area contributed by atoms with Gasteiger partial charge in [0, 0.05) is 16.9 Å². The van der Waals surface area contributed by atoms with Crippen molar-refractivity contribution in [3.8, 4) is 0 Å². The zero-order valence-corrected chi connectivity index (χ0v) is 13.8. The number of nitrogens with one attached hydrogen (secondary N) is 1. The Morgan fingerprint density at radius 2 is 2.10 bits per heavy atom. The Labute approximate surface area is 127 Å². The van der Waals surface area contributed by atoms with E-state index in [1.807, 2.05) is 6.92 Å². The Bertz CT molecular complexity index is 586. The second-order valence-electron chi connectivity index (χ2n) is 4.72. The summed E-state index contributed by atoms with van der Waals surface area (Å²) in [5, 5.41) is 8.55. The van der Waals surface area contributed by atoms with Gasteiger partial charge in [0.15, 0.2) is 0 Å².